The Morgan fingerprint density at radius 3 is 2.35 bits per heavy atom. The van der Waals surface area contributed by atoms with Crippen LogP contribution in [0.15, 0.2) is 17.8 Å². The third-order valence-corrected chi connectivity index (χ3v) is 5.11. The SMILES string of the molecule is [Br-].c1cn2cc(C[N+]34CN5CN(CN(C5)C3)C4)nc2s1. The molecule has 0 spiro atoms. The first-order valence-electron chi connectivity index (χ1n) is 6.71. The average Bonchev–Trinajstić information content (AvgIpc) is 2.86. The van der Waals surface area contributed by atoms with Crippen molar-refractivity contribution in [2.24, 2.45) is 0 Å². The van der Waals surface area contributed by atoms with Crippen molar-refractivity contribution >= 4 is 16.3 Å². The minimum absolute atomic E-state index is 0. The van der Waals surface area contributed by atoms with Crippen LogP contribution in [0.4, 0.5) is 0 Å². The molecule has 0 N–H and O–H groups in total. The highest BCUT2D eigenvalue weighted by Crippen LogP contribution is 2.30. The predicted octanol–water partition coefficient (Wildman–Crippen LogP) is -2.59. The number of hydrogen-bond acceptors (Lipinski definition) is 5. The molecule has 6 nitrogen and oxygen atoms in total. The van der Waals surface area contributed by atoms with Crippen LogP contribution in [0.2, 0.25) is 0 Å². The second kappa shape index (κ2) is 4.49. The second-order valence-electron chi connectivity index (χ2n) is 6.19. The normalized spacial score (nSPS) is 38.3. The van der Waals surface area contributed by atoms with Gasteiger partial charge in [-0.3, -0.25) is 8.88 Å². The molecule has 108 valence electrons. The van der Waals surface area contributed by atoms with Crippen LogP contribution in [-0.2, 0) is 6.54 Å². The van der Waals surface area contributed by atoms with Gasteiger partial charge in [0, 0.05) is 17.8 Å². The maximum absolute atomic E-state index is 4.76. The number of fused-ring (bicyclic) bond motifs is 1. The van der Waals surface area contributed by atoms with Crippen molar-refractivity contribution in [3.8, 4) is 0 Å². The number of hydrogen-bond donors (Lipinski definition) is 0. The van der Waals surface area contributed by atoms with Crippen molar-refractivity contribution < 1.29 is 21.5 Å². The first-order chi connectivity index (χ1) is 9.28. The molecule has 4 bridgehead atoms. The van der Waals surface area contributed by atoms with E-state index in [1.807, 2.05) is 0 Å². The van der Waals surface area contributed by atoms with Gasteiger partial charge in [0.25, 0.3) is 0 Å². The number of rotatable bonds is 2. The summed E-state index contributed by atoms with van der Waals surface area (Å²) in [5.74, 6) is 0. The monoisotopic (exact) mass is 356 g/mol. The summed E-state index contributed by atoms with van der Waals surface area (Å²) >= 11 is 1.71. The molecule has 6 rings (SSSR count). The van der Waals surface area contributed by atoms with Crippen molar-refractivity contribution in [3.63, 3.8) is 0 Å². The van der Waals surface area contributed by atoms with E-state index >= 15 is 0 Å². The van der Waals surface area contributed by atoms with E-state index < -0.39 is 0 Å². The van der Waals surface area contributed by atoms with E-state index in [9.17, 15) is 0 Å². The molecule has 2 aromatic heterocycles. The molecule has 4 aliphatic rings. The van der Waals surface area contributed by atoms with E-state index in [4.69, 9.17) is 4.98 Å². The lowest BCUT2D eigenvalue weighted by molar-refractivity contribution is -0.991. The first kappa shape index (κ1) is 13.2. The molecular weight excluding hydrogens is 340 g/mol. The Morgan fingerprint density at radius 1 is 1.10 bits per heavy atom. The molecule has 8 heteroatoms. The topological polar surface area (TPSA) is 27.0 Å². The van der Waals surface area contributed by atoms with Crippen LogP contribution in [0.3, 0.4) is 0 Å². The van der Waals surface area contributed by atoms with Gasteiger partial charge in [-0.15, -0.1) is 11.3 Å². The first-order valence-corrected chi connectivity index (χ1v) is 7.59. The molecule has 4 fully saturated rings. The lowest BCUT2D eigenvalue weighted by Crippen LogP contribution is -3.00. The fourth-order valence-electron chi connectivity index (χ4n) is 4.00. The van der Waals surface area contributed by atoms with Crippen LogP contribution in [0.5, 0.6) is 0 Å². The minimum Gasteiger partial charge on any atom is -1.00 e. The molecule has 4 aliphatic heterocycles. The number of thiazole rings is 1. The molecule has 0 unspecified atom stereocenters. The van der Waals surface area contributed by atoms with E-state index in [0.717, 1.165) is 36.0 Å². The molecule has 0 amide bonds. The largest absolute Gasteiger partial charge is 1.00 e. The van der Waals surface area contributed by atoms with E-state index in [1.165, 1.54) is 25.7 Å². The number of imidazole rings is 1. The molecule has 4 saturated heterocycles. The maximum Gasteiger partial charge on any atom is 0.194 e. The Labute approximate surface area is 132 Å². The van der Waals surface area contributed by atoms with Crippen LogP contribution < -0.4 is 17.0 Å². The van der Waals surface area contributed by atoms with Crippen LogP contribution in [0.25, 0.3) is 4.96 Å². The van der Waals surface area contributed by atoms with Gasteiger partial charge >= 0.3 is 0 Å². The summed E-state index contributed by atoms with van der Waals surface area (Å²) in [5, 5.41) is 2.09. The summed E-state index contributed by atoms with van der Waals surface area (Å²) in [7, 11) is 0. The van der Waals surface area contributed by atoms with E-state index in [2.05, 4.69) is 36.9 Å². The predicted molar refractivity (Wildman–Crippen MR) is 71.8 cm³/mol. The van der Waals surface area contributed by atoms with Gasteiger partial charge in [-0.25, -0.2) is 19.7 Å². The van der Waals surface area contributed by atoms with Gasteiger partial charge in [-0.05, 0) is 0 Å². The van der Waals surface area contributed by atoms with Gasteiger partial charge in [0.15, 0.2) is 4.96 Å². The van der Waals surface area contributed by atoms with Crippen molar-refractivity contribution in [3.05, 3.63) is 23.5 Å². The van der Waals surface area contributed by atoms with Crippen molar-refractivity contribution in [1.29, 1.82) is 0 Å². The molecule has 0 aromatic carbocycles. The molecule has 6 heterocycles. The van der Waals surface area contributed by atoms with E-state index in [0.29, 0.717) is 0 Å². The number of halogens is 1. The average molecular weight is 357 g/mol. The number of nitrogens with zero attached hydrogens (tertiary/aromatic N) is 6. The Hall–Kier alpha value is -0.510. The van der Waals surface area contributed by atoms with Crippen LogP contribution in [0, 0.1) is 0 Å². The zero-order valence-corrected chi connectivity index (χ0v) is 13.6. The third-order valence-electron chi connectivity index (χ3n) is 4.34. The van der Waals surface area contributed by atoms with Crippen LogP contribution in [0.1, 0.15) is 5.69 Å². The Balaban J connectivity index is 0.00000106. The minimum atomic E-state index is 0. The number of aromatic nitrogens is 2. The Morgan fingerprint density at radius 2 is 1.75 bits per heavy atom. The fraction of sp³-hybridized carbons (Fsp3) is 0.583. The Kier molecular flexibility index (Phi) is 2.96. The van der Waals surface area contributed by atoms with Gasteiger partial charge in [0.2, 0.25) is 0 Å². The molecule has 0 radical (unpaired) electrons. The quantitative estimate of drug-likeness (QED) is 0.552. The summed E-state index contributed by atoms with van der Waals surface area (Å²) in [5.41, 5.74) is 1.23. The highest BCUT2D eigenvalue weighted by molar-refractivity contribution is 7.15. The summed E-state index contributed by atoms with van der Waals surface area (Å²) in [6.07, 6.45) is 4.29. The highest BCUT2D eigenvalue weighted by Gasteiger charge is 2.48. The zero-order chi connectivity index (χ0) is 12.4. The lowest BCUT2D eigenvalue weighted by atomic mass is 10.2. The fourth-order valence-corrected chi connectivity index (χ4v) is 4.72. The summed E-state index contributed by atoms with van der Waals surface area (Å²) < 4.78 is 3.27. The molecule has 2 aromatic rings. The van der Waals surface area contributed by atoms with E-state index in [1.54, 1.807) is 11.3 Å². The van der Waals surface area contributed by atoms with Crippen LogP contribution >= 0.6 is 11.3 Å². The lowest BCUT2D eigenvalue weighted by Gasteiger charge is -2.60. The second-order valence-corrected chi connectivity index (χ2v) is 7.06. The van der Waals surface area contributed by atoms with Gasteiger partial charge in [0.05, 0.1) is 20.0 Å². The standard InChI is InChI=1S/C12H17N6S.BrH/c1-2-19-12-13-11(3-17(1)12)4-18-8-14-5-15(9-18)7-16(6-14)10-18;/h1-3H,4-10H2;1H/q+1;/p-1. The molecule has 0 aliphatic carbocycles. The summed E-state index contributed by atoms with van der Waals surface area (Å²) in [4.78, 5) is 13.5. The summed E-state index contributed by atoms with van der Waals surface area (Å²) in [6, 6.07) is 0. The molecule has 0 atom stereocenters. The van der Waals surface area contributed by atoms with E-state index in [-0.39, 0.29) is 17.0 Å². The summed E-state index contributed by atoms with van der Waals surface area (Å²) in [6.45, 7) is 8.03. The third kappa shape index (κ3) is 1.94. The smallest absolute Gasteiger partial charge is 0.194 e. The van der Waals surface area contributed by atoms with Crippen LogP contribution in [-0.4, -0.2) is 68.6 Å². The Bertz CT molecular complexity index is 573. The van der Waals surface area contributed by atoms with Crippen molar-refractivity contribution in [2.75, 3.05) is 40.0 Å². The molecular formula is C12H17BrN6S. The number of quaternary nitrogens is 1. The van der Waals surface area contributed by atoms with Gasteiger partial charge in [-0.2, -0.15) is 0 Å². The van der Waals surface area contributed by atoms with Gasteiger partial charge in [-0.1, -0.05) is 0 Å². The zero-order valence-electron chi connectivity index (χ0n) is 11.2. The highest BCUT2D eigenvalue weighted by atomic mass is 79.9. The maximum atomic E-state index is 4.76. The van der Waals surface area contributed by atoms with Gasteiger partial charge in [0.1, 0.15) is 32.2 Å². The molecule has 20 heavy (non-hydrogen) atoms. The van der Waals surface area contributed by atoms with Gasteiger partial charge < -0.3 is 17.0 Å². The van der Waals surface area contributed by atoms with Crippen molar-refractivity contribution in [1.82, 2.24) is 24.1 Å². The van der Waals surface area contributed by atoms with Crippen molar-refractivity contribution in [2.45, 2.75) is 6.54 Å². The molecule has 0 saturated carbocycles.